The van der Waals surface area contributed by atoms with Crippen molar-refractivity contribution < 1.29 is 4.79 Å². The molecule has 0 fully saturated rings. The molecule has 0 aliphatic rings. The van der Waals surface area contributed by atoms with Crippen molar-refractivity contribution in [3.63, 3.8) is 0 Å². The molecule has 72 valence electrons. The standard InChI is InChI=1S/C11H12N2O/c1-9(13-11(14)7-8-12)10-5-3-2-4-6-10/h2-6,9H,7H2,1H3,(H,13,14). The third kappa shape index (κ3) is 2.91. The van der Waals surface area contributed by atoms with Crippen LogP contribution >= 0.6 is 0 Å². The molecule has 0 saturated heterocycles. The van der Waals surface area contributed by atoms with Crippen LogP contribution in [0, 0.1) is 11.3 Å². The van der Waals surface area contributed by atoms with Crippen molar-refractivity contribution in [1.29, 1.82) is 5.26 Å². The van der Waals surface area contributed by atoms with Gasteiger partial charge in [-0.25, -0.2) is 0 Å². The number of hydrogen-bond acceptors (Lipinski definition) is 2. The highest BCUT2D eigenvalue weighted by molar-refractivity contribution is 5.78. The molecule has 1 unspecified atom stereocenters. The van der Waals surface area contributed by atoms with Crippen LogP contribution in [0.3, 0.4) is 0 Å². The molecule has 0 radical (unpaired) electrons. The first-order valence-electron chi connectivity index (χ1n) is 4.45. The second-order valence-electron chi connectivity index (χ2n) is 3.03. The predicted molar refractivity (Wildman–Crippen MR) is 53.2 cm³/mol. The quantitative estimate of drug-likeness (QED) is 0.786. The Kier molecular flexibility index (Phi) is 3.69. The summed E-state index contributed by atoms with van der Waals surface area (Å²) in [6.07, 6.45) is -0.0861. The molecular formula is C11H12N2O. The Bertz CT molecular complexity index is 340. The molecule has 3 nitrogen and oxygen atoms in total. The minimum atomic E-state index is -0.233. The van der Waals surface area contributed by atoms with Crippen LogP contribution < -0.4 is 5.32 Å². The number of nitriles is 1. The lowest BCUT2D eigenvalue weighted by molar-refractivity contribution is -0.120. The van der Waals surface area contributed by atoms with E-state index in [0.29, 0.717) is 0 Å². The summed E-state index contributed by atoms with van der Waals surface area (Å²) in [4.78, 5) is 11.1. The molecule has 0 aromatic heterocycles. The predicted octanol–water partition coefficient (Wildman–Crippen LogP) is 1.78. The van der Waals surface area contributed by atoms with Crippen molar-refractivity contribution in [2.45, 2.75) is 19.4 Å². The molecule has 0 bridgehead atoms. The van der Waals surface area contributed by atoms with E-state index in [1.807, 2.05) is 43.3 Å². The van der Waals surface area contributed by atoms with E-state index in [0.717, 1.165) is 5.56 Å². The van der Waals surface area contributed by atoms with Gasteiger partial charge in [-0.15, -0.1) is 0 Å². The monoisotopic (exact) mass is 188 g/mol. The number of carbonyl (C=O) groups is 1. The minimum Gasteiger partial charge on any atom is -0.349 e. The van der Waals surface area contributed by atoms with Gasteiger partial charge in [0, 0.05) is 0 Å². The SMILES string of the molecule is CC(NC(=O)CC#N)c1ccccc1. The molecule has 1 rings (SSSR count). The summed E-state index contributed by atoms with van der Waals surface area (Å²) in [5, 5.41) is 11.0. The van der Waals surface area contributed by atoms with Crippen molar-refractivity contribution in [2.24, 2.45) is 0 Å². The molecule has 0 aliphatic carbocycles. The second-order valence-corrected chi connectivity index (χ2v) is 3.03. The van der Waals surface area contributed by atoms with E-state index in [1.165, 1.54) is 0 Å². The topological polar surface area (TPSA) is 52.9 Å². The van der Waals surface area contributed by atoms with Crippen LogP contribution in [0.1, 0.15) is 24.9 Å². The van der Waals surface area contributed by atoms with E-state index in [-0.39, 0.29) is 18.4 Å². The largest absolute Gasteiger partial charge is 0.349 e. The average Bonchev–Trinajstić information content (AvgIpc) is 2.19. The Morgan fingerprint density at radius 2 is 2.14 bits per heavy atom. The second kappa shape index (κ2) is 5.03. The van der Waals surface area contributed by atoms with E-state index >= 15 is 0 Å². The molecule has 1 amide bonds. The summed E-state index contributed by atoms with van der Waals surface area (Å²) in [5.74, 6) is -0.233. The lowest BCUT2D eigenvalue weighted by Gasteiger charge is -2.12. The molecule has 1 aromatic carbocycles. The Morgan fingerprint density at radius 3 is 2.71 bits per heavy atom. The molecule has 0 aliphatic heterocycles. The normalized spacial score (nSPS) is 11.4. The zero-order chi connectivity index (χ0) is 10.4. The number of benzene rings is 1. The summed E-state index contributed by atoms with van der Waals surface area (Å²) in [5.41, 5.74) is 1.04. The summed E-state index contributed by atoms with van der Waals surface area (Å²) in [6.45, 7) is 1.89. The lowest BCUT2D eigenvalue weighted by atomic mass is 10.1. The van der Waals surface area contributed by atoms with Crippen molar-refractivity contribution in [1.82, 2.24) is 5.32 Å². The van der Waals surface area contributed by atoms with Crippen LogP contribution in [-0.2, 0) is 4.79 Å². The Labute approximate surface area is 83.4 Å². The summed E-state index contributed by atoms with van der Waals surface area (Å²) < 4.78 is 0. The molecule has 0 saturated carbocycles. The lowest BCUT2D eigenvalue weighted by Crippen LogP contribution is -2.25. The summed E-state index contributed by atoms with van der Waals surface area (Å²) >= 11 is 0. The van der Waals surface area contributed by atoms with E-state index in [1.54, 1.807) is 0 Å². The number of carbonyl (C=O) groups excluding carboxylic acids is 1. The van der Waals surface area contributed by atoms with Gasteiger partial charge in [-0.05, 0) is 12.5 Å². The smallest absolute Gasteiger partial charge is 0.234 e. The Morgan fingerprint density at radius 1 is 1.50 bits per heavy atom. The van der Waals surface area contributed by atoms with Crippen LogP contribution in [0.15, 0.2) is 30.3 Å². The highest BCUT2D eigenvalue weighted by atomic mass is 16.1. The van der Waals surface area contributed by atoms with Gasteiger partial charge >= 0.3 is 0 Å². The van der Waals surface area contributed by atoms with Crippen LogP contribution in [0.5, 0.6) is 0 Å². The van der Waals surface area contributed by atoms with Crippen molar-refractivity contribution in [3.05, 3.63) is 35.9 Å². The van der Waals surface area contributed by atoms with Gasteiger partial charge in [-0.3, -0.25) is 4.79 Å². The fourth-order valence-electron chi connectivity index (χ4n) is 1.19. The molecule has 0 spiro atoms. The molecule has 3 heteroatoms. The van der Waals surface area contributed by atoms with Gasteiger partial charge in [-0.1, -0.05) is 30.3 Å². The maximum absolute atomic E-state index is 11.1. The summed E-state index contributed by atoms with van der Waals surface area (Å²) in [6, 6.07) is 11.4. The fraction of sp³-hybridized carbons (Fsp3) is 0.273. The van der Waals surface area contributed by atoms with Gasteiger partial charge in [-0.2, -0.15) is 5.26 Å². The molecule has 0 heterocycles. The Hall–Kier alpha value is -1.82. The maximum atomic E-state index is 11.1. The van der Waals surface area contributed by atoms with Gasteiger partial charge in [0.15, 0.2) is 0 Å². The number of nitrogens with one attached hydrogen (secondary N) is 1. The fourth-order valence-corrected chi connectivity index (χ4v) is 1.19. The third-order valence-electron chi connectivity index (χ3n) is 1.92. The zero-order valence-electron chi connectivity index (χ0n) is 8.03. The Balaban J connectivity index is 2.56. The van der Waals surface area contributed by atoms with Crippen molar-refractivity contribution in [3.8, 4) is 6.07 Å². The van der Waals surface area contributed by atoms with Crippen LogP contribution in [0.4, 0.5) is 0 Å². The average molecular weight is 188 g/mol. The molecule has 1 N–H and O–H groups in total. The van der Waals surface area contributed by atoms with Crippen LogP contribution in [0.2, 0.25) is 0 Å². The molecule has 1 aromatic rings. The van der Waals surface area contributed by atoms with Crippen LogP contribution in [0.25, 0.3) is 0 Å². The van der Waals surface area contributed by atoms with Gasteiger partial charge in [0.05, 0.1) is 12.1 Å². The van der Waals surface area contributed by atoms with Gasteiger partial charge in [0.2, 0.25) is 5.91 Å². The molecule has 14 heavy (non-hydrogen) atoms. The molecule has 1 atom stereocenters. The number of amides is 1. The first-order valence-corrected chi connectivity index (χ1v) is 4.45. The maximum Gasteiger partial charge on any atom is 0.234 e. The van der Waals surface area contributed by atoms with Crippen molar-refractivity contribution in [2.75, 3.05) is 0 Å². The first-order chi connectivity index (χ1) is 6.74. The van der Waals surface area contributed by atoms with Gasteiger partial charge in [0.1, 0.15) is 6.42 Å². The van der Waals surface area contributed by atoms with Crippen LogP contribution in [-0.4, -0.2) is 5.91 Å². The minimum absolute atomic E-state index is 0.0444. The highest BCUT2D eigenvalue weighted by Gasteiger charge is 2.07. The van der Waals surface area contributed by atoms with Crippen molar-refractivity contribution >= 4 is 5.91 Å². The number of rotatable bonds is 3. The number of hydrogen-bond donors (Lipinski definition) is 1. The highest BCUT2D eigenvalue weighted by Crippen LogP contribution is 2.10. The zero-order valence-corrected chi connectivity index (χ0v) is 8.03. The van der Waals surface area contributed by atoms with Gasteiger partial charge in [0.25, 0.3) is 0 Å². The third-order valence-corrected chi connectivity index (χ3v) is 1.92. The number of nitrogens with zero attached hydrogens (tertiary/aromatic N) is 1. The van der Waals surface area contributed by atoms with E-state index < -0.39 is 0 Å². The summed E-state index contributed by atoms with van der Waals surface area (Å²) in [7, 11) is 0. The first kappa shape index (κ1) is 10.3. The van der Waals surface area contributed by atoms with E-state index in [9.17, 15) is 4.79 Å². The van der Waals surface area contributed by atoms with E-state index in [4.69, 9.17) is 5.26 Å². The van der Waals surface area contributed by atoms with E-state index in [2.05, 4.69) is 5.32 Å². The molecular weight excluding hydrogens is 176 g/mol. The van der Waals surface area contributed by atoms with Gasteiger partial charge < -0.3 is 5.32 Å².